The molecule has 0 radical (unpaired) electrons. The Morgan fingerprint density at radius 2 is 1.95 bits per heavy atom. The molecule has 0 aliphatic heterocycles. The van der Waals surface area contributed by atoms with Gasteiger partial charge in [0.1, 0.15) is 12.6 Å². The summed E-state index contributed by atoms with van der Waals surface area (Å²) in [5, 5.41) is 2.52. The molecule has 0 aliphatic carbocycles. The van der Waals surface area contributed by atoms with Crippen LogP contribution in [-0.4, -0.2) is 34.2 Å². The molecule has 0 saturated carbocycles. The zero-order valence-electron chi connectivity index (χ0n) is 12.5. The molecule has 1 heterocycles. The number of carbonyl (C=O) groups is 2. The van der Waals surface area contributed by atoms with Crippen molar-refractivity contribution in [3.8, 4) is 0 Å². The molecule has 1 atom stereocenters. The van der Waals surface area contributed by atoms with Gasteiger partial charge >= 0.3 is 11.7 Å². The Labute approximate surface area is 121 Å². The fraction of sp³-hybridized carbons (Fsp3) is 0.538. The smallest absolute Gasteiger partial charge is 0.331 e. The number of nitrogens with one attached hydrogen (secondary N) is 1. The van der Waals surface area contributed by atoms with Crippen molar-refractivity contribution in [3.63, 3.8) is 0 Å². The minimum absolute atomic E-state index is 0.154. The number of carbonyl (C=O) groups excluding carboxylic acids is 2. The highest BCUT2D eigenvalue weighted by molar-refractivity contribution is 5.84. The van der Waals surface area contributed by atoms with Crippen LogP contribution < -0.4 is 16.6 Å². The largest absolute Gasteiger partial charge is 0.467 e. The van der Waals surface area contributed by atoms with Gasteiger partial charge in [0.25, 0.3) is 5.56 Å². The summed E-state index contributed by atoms with van der Waals surface area (Å²) in [7, 11) is 2.56. The van der Waals surface area contributed by atoms with Gasteiger partial charge in [0, 0.05) is 19.3 Å². The SMILES string of the molecule is COC(=O)C(NC(=O)Cn1ccc(=O)n(C)c1=O)C(C)C. The standard InChI is InChI=1S/C13H19N3O5/c1-8(2)11(12(19)21-4)14-9(17)7-16-6-5-10(18)15(3)13(16)20/h5-6,8,11H,7H2,1-4H3,(H,14,17). The summed E-state index contributed by atoms with van der Waals surface area (Å²) < 4.78 is 6.60. The average Bonchev–Trinajstić information content (AvgIpc) is 2.44. The lowest BCUT2D eigenvalue weighted by molar-refractivity contribution is -0.146. The maximum absolute atomic E-state index is 11.9. The van der Waals surface area contributed by atoms with E-state index in [4.69, 9.17) is 0 Å². The van der Waals surface area contributed by atoms with Crippen molar-refractivity contribution >= 4 is 11.9 Å². The van der Waals surface area contributed by atoms with E-state index >= 15 is 0 Å². The van der Waals surface area contributed by atoms with Crippen molar-refractivity contribution in [1.82, 2.24) is 14.5 Å². The number of ether oxygens (including phenoxy) is 1. The van der Waals surface area contributed by atoms with Crippen molar-refractivity contribution in [2.24, 2.45) is 13.0 Å². The Morgan fingerprint density at radius 1 is 1.33 bits per heavy atom. The third kappa shape index (κ3) is 4.04. The number of aromatic nitrogens is 2. The number of amides is 1. The van der Waals surface area contributed by atoms with Crippen LogP contribution in [0.2, 0.25) is 0 Å². The van der Waals surface area contributed by atoms with Crippen molar-refractivity contribution in [2.45, 2.75) is 26.4 Å². The summed E-state index contributed by atoms with van der Waals surface area (Å²) in [4.78, 5) is 46.5. The van der Waals surface area contributed by atoms with Crippen LogP contribution in [0.4, 0.5) is 0 Å². The second-order valence-corrected chi connectivity index (χ2v) is 4.94. The van der Waals surface area contributed by atoms with Gasteiger partial charge in [0.05, 0.1) is 7.11 Å². The molecule has 8 nitrogen and oxygen atoms in total. The van der Waals surface area contributed by atoms with Crippen molar-refractivity contribution in [2.75, 3.05) is 7.11 Å². The Balaban J connectivity index is 2.87. The number of nitrogens with zero attached hydrogens (tertiary/aromatic N) is 2. The topological polar surface area (TPSA) is 99.4 Å². The van der Waals surface area contributed by atoms with Crippen LogP contribution in [0, 0.1) is 5.92 Å². The van der Waals surface area contributed by atoms with Crippen LogP contribution in [-0.2, 0) is 27.9 Å². The van der Waals surface area contributed by atoms with Gasteiger partial charge in [-0.1, -0.05) is 13.8 Å². The normalized spacial score (nSPS) is 12.0. The predicted molar refractivity (Wildman–Crippen MR) is 74.7 cm³/mol. The molecule has 0 bridgehead atoms. The second kappa shape index (κ2) is 6.87. The molecule has 0 fully saturated rings. The van der Waals surface area contributed by atoms with Crippen LogP contribution >= 0.6 is 0 Å². The first kappa shape index (κ1) is 16.7. The molecule has 116 valence electrons. The first-order chi connectivity index (χ1) is 9.77. The van der Waals surface area contributed by atoms with Crippen LogP contribution in [0.3, 0.4) is 0 Å². The highest BCUT2D eigenvalue weighted by Gasteiger charge is 2.24. The molecule has 8 heteroatoms. The molecule has 0 spiro atoms. The van der Waals surface area contributed by atoms with E-state index in [0.29, 0.717) is 0 Å². The van der Waals surface area contributed by atoms with E-state index in [1.54, 1.807) is 13.8 Å². The van der Waals surface area contributed by atoms with Gasteiger partial charge in [-0.15, -0.1) is 0 Å². The lowest BCUT2D eigenvalue weighted by Crippen LogP contribution is -2.47. The Hall–Kier alpha value is -2.38. The average molecular weight is 297 g/mol. The van der Waals surface area contributed by atoms with Crippen LogP contribution in [0.1, 0.15) is 13.8 Å². The maximum atomic E-state index is 11.9. The number of hydrogen-bond donors (Lipinski definition) is 1. The molecule has 21 heavy (non-hydrogen) atoms. The third-order valence-electron chi connectivity index (χ3n) is 3.01. The summed E-state index contributed by atoms with van der Waals surface area (Å²) in [5.74, 6) is -1.22. The van der Waals surface area contributed by atoms with E-state index < -0.39 is 29.2 Å². The molecule has 1 amide bonds. The third-order valence-corrected chi connectivity index (χ3v) is 3.01. The minimum atomic E-state index is -0.786. The lowest BCUT2D eigenvalue weighted by atomic mass is 10.0. The fourth-order valence-corrected chi connectivity index (χ4v) is 1.74. The molecule has 0 saturated heterocycles. The van der Waals surface area contributed by atoms with Gasteiger partial charge in [0.15, 0.2) is 0 Å². The van der Waals surface area contributed by atoms with E-state index in [1.165, 1.54) is 26.4 Å². The number of esters is 1. The minimum Gasteiger partial charge on any atom is -0.467 e. The summed E-state index contributed by atoms with van der Waals surface area (Å²) in [5.41, 5.74) is -1.05. The molecule has 0 aliphatic rings. The first-order valence-electron chi connectivity index (χ1n) is 6.41. The molecule has 1 rings (SSSR count). The molecule has 1 unspecified atom stereocenters. The maximum Gasteiger partial charge on any atom is 0.331 e. The fourth-order valence-electron chi connectivity index (χ4n) is 1.74. The van der Waals surface area contributed by atoms with Crippen molar-refractivity contribution < 1.29 is 14.3 Å². The van der Waals surface area contributed by atoms with E-state index in [2.05, 4.69) is 10.1 Å². The van der Waals surface area contributed by atoms with Crippen molar-refractivity contribution in [3.05, 3.63) is 33.1 Å². The number of methoxy groups -OCH3 is 1. The van der Waals surface area contributed by atoms with E-state index in [-0.39, 0.29) is 12.5 Å². The summed E-state index contributed by atoms with van der Waals surface area (Å²) >= 11 is 0. The highest BCUT2D eigenvalue weighted by atomic mass is 16.5. The van der Waals surface area contributed by atoms with Crippen LogP contribution in [0.5, 0.6) is 0 Å². The zero-order valence-corrected chi connectivity index (χ0v) is 12.5. The van der Waals surface area contributed by atoms with E-state index in [0.717, 1.165) is 9.13 Å². The second-order valence-electron chi connectivity index (χ2n) is 4.94. The van der Waals surface area contributed by atoms with Gasteiger partial charge in [-0.2, -0.15) is 0 Å². The highest BCUT2D eigenvalue weighted by Crippen LogP contribution is 2.03. The summed E-state index contributed by atoms with van der Waals surface area (Å²) in [6.45, 7) is 3.24. The monoisotopic (exact) mass is 297 g/mol. The Kier molecular flexibility index (Phi) is 5.45. The van der Waals surface area contributed by atoms with Crippen molar-refractivity contribution in [1.29, 1.82) is 0 Å². The number of rotatable bonds is 5. The first-order valence-corrected chi connectivity index (χ1v) is 6.41. The summed E-state index contributed by atoms with van der Waals surface area (Å²) in [6, 6.07) is 0.403. The van der Waals surface area contributed by atoms with Gasteiger partial charge in [-0.25, -0.2) is 9.59 Å². The molecule has 0 aromatic carbocycles. The quantitative estimate of drug-likeness (QED) is 0.693. The van der Waals surface area contributed by atoms with E-state index in [1.807, 2.05) is 0 Å². The predicted octanol–water partition coefficient (Wildman–Crippen LogP) is -1.14. The van der Waals surface area contributed by atoms with Gasteiger partial charge in [-0.3, -0.25) is 18.7 Å². The molecule has 1 N–H and O–H groups in total. The van der Waals surface area contributed by atoms with Gasteiger partial charge in [-0.05, 0) is 5.92 Å². The molecule has 1 aromatic heterocycles. The van der Waals surface area contributed by atoms with E-state index in [9.17, 15) is 19.2 Å². The molecular formula is C13H19N3O5. The van der Waals surface area contributed by atoms with Crippen LogP contribution in [0.15, 0.2) is 21.9 Å². The molecular weight excluding hydrogens is 278 g/mol. The van der Waals surface area contributed by atoms with Gasteiger partial charge in [0.2, 0.25) is 5.91 Å². The molecule has 1 aromatic rings. The Bertz CT molecular complexity index is 644. The van der Waals surface area contributed by atoms with Gasteiger partial charge < -0.3 is 10.1 Å². The number of hydrogen-bond acceptors (Lipinski definition) is 5. The Morgan fingerprint density at radius 3 is 2.48 bits per heavy atom. The lowest BCUT2D eigenvalue weighted by Gasteiger charge is -2.20. The zero-order chi connectivity index (χ0) is 16.2. The van der Waals surface area contributed by atoms with Crippen LogP contribution in [0.25, 0.3) is 0 Å². The summed E-state index contributed by atoms with van der Waals surface area (Å²) in [6.07, 6.45) is 1.24.